The van der Waals surface area contributed by atoms with Crippen LogP contribution in [0.4, 0.5) is 11.4 Å². The molecule has 1 aliphatic rings. The van der Waals surface area contributed by atoms with Gasteiger partial charge in [0.05, 0.1) is 33.5 Å². The zero-order chi connectivity index (χ0) is 21.4. The molecule has 4 heterocycles. The number of carbonyl (C=O) groups excluding carboxylic acids is 1. The minimum absolute atomic E-state index is 0.136. The average molecular weight is 435 g/mol. The molecule has 31 heavy (non-hydrogen) atoms. The summed E-state index contributed by atoms with van der Waals surface area (Å²) >= 11 is 1.29. The lowest BCUT2D eigenvalue weighted by atomic mass is 10.2. The Bertz CT molecular complexity index is 1320. The highest BCUT2D eigenvalue weighted by Gasteiger charge is 2.19. The third-order valence-electron chi connectivity index (χ3n) is 5.50. The van der Waals surface area contributed by atoms with Crippen molar-refractivity contribution in [1.82, 2.24) is 19.4 Å². The summed E-state index contributed by atoms with van der Waals surface area (Å²) < 4.78 is 3.26. The first-order valence-corrected chi connectivity index (χ1v) is 10.9. The second-order valence-electron chi connectivity index (χ2n) is 7.39. The molecule has 3 aromatic heterocycles. The topological polar surface area (TPSA) is 84.2 Å². The van der Waals surface area contributed by atoms with Crippen LogP contribution < -0.4 is 21.2 Å². The van der Waals surface area contributed by atoms with Gasteiger partial charge in [0.2, 0.25) is 0 Å². The van der Waals surface area contributed by atoms with Crippen LogP contribution in [0.1, 0.15) is 9.67 Å². The molecule has 1 amide bonds. The Balaban J connectivity index is 1.44. The lowest BCUT2D eigenvalue weighted by Crippen LogP contribution is -2.43. The second-order valence-corrected chi connectivity index (χ2v) is 8.45. The fourth-order valence-corrected chi connectivity index (χ4v) is 4.83. The predicted molar refractivity (Wildman–Crippen MR) is 124 cm³/mol. The maximum atomic E-state index is 13.0. The molecule has 1 saturated heterocycles. The minimum Gasteiger partial charge on any atom is -0.367 e. The number of amides is 1. The number of imidazole rings is 1. The molecule has 9 heteroatoms. The fourth-order valence-electron chi connectivity index (χ4n) is 3.92. The van der Waals surface area contributed by atoms with Crippen molar-refractivity contribution in [3.8, 4) is 5.00 Å². The van der Waals surface area contributed by atoms with Crippen LogP contribution in [0.2, 0.25) is 0 Å². The van der Waals surface area contributed by atoms with E-state index in [2.05, 4.69) is 20.5 Å². The van der Waals surface area contributed by atoms with Crippen LogP contribution >= 0.6 is 11.3 Å². The summed E-state index contributed by atoms with van der Waals surface area (Å²) in [5.74, 6) is -0.214. The van der Waals surface area contributed by atoms with Gasteiger partial charge in [-0.2, -0.15) is 0 Å². The zero-order valence-corrected chi connectivity index (χ0v) is 17.9. The number of nitrogens with zero attached hydrogens (tertiary/aromatic N) is 4. The first kappa shape index (κ1) is 19.5. The van der Waals surface area contributed by atoms with Crippen LogP contribution in [0.5, 0.6) is 0 Å². The first-order chi connectivity index (χ1) is 15.1. The van der Waals surface area contributed by atoms with Gasteiger partial charge in [-0.15, -0.1) is 11.3 Å². The van der Waals surface area contributed by atoms with E-state index in [9.17, 15) is 9.59 Å². The lowest BCUT2D eigenvalue weighted by molar-refractivity contribution is 0.103. The molecular formula is C22H22N6O2S. The number of thiophene rings is 1. The average Bonchev–Trinajstić information content (AvgIpc) is 3.38. The number of piperazine rings is 1. The summed E-state index contributed by atoms with van der Waals surface area (Å²) in [5.41, 5.74) is 3.18. The monoisotopic (exact) mass is 434 g/mol. The van der Waals surface area contributed by atoms with Crippen LogP contribution in [0.25, 0.3) is 16.0 Å². The van der Waals surface area contributed by atoms with Crippen molar-refractivity contribution >= 4 is 39.7 Å². The van der Waals surface area contributed by atoms with E-state index in [4.69, 9.17) is 0 Å². The molecule has 0 spiro atoms. The summed E-state index contributed by atoms with van der Waals surface area (Å²) in [7, 11) is 1.75. The Hall–Kier alpha value is -3.43. The Morgan fingerprint density at radius 2 is 1.87 bits per heavy atom. The molecule has 0 radical (unpaired) electrons. The van der Waals surface area contributed by atoms with Gasteiger partial charge in [-0.3, -0.25) is 18.9 Å². The van der Waals surface area contributed by atoms with Crippen molar-refractivity contribution in [1.29, 1.82) is 0 Å². The number of rotatable bonds is 4. The van der Waals surface area contributed by atoms with Crippen molar-refractivity contribution in [2.24, 2.45) is 7.05 Å². The third kappa shape index (κ3) is 3.51. The van der Waals surface area contributed by atoms with Gasteiger partial charge in [-0.1, -0.05) is 12.1 Å². The Labute approximate surface area is 182 Å². The molecular weight excluding hydrogens is 412 g/mol. The summed E-state index contributed by atoms with van der Waals surface area (Å²) in [6.45, 7) is 3.56. The van der Waals surface area contributed by atoms with Crippen LogP contribution in [0.3, 0.4) is 0 Å². The number of fused-ring (bicyclic) bond motifs is 1. The van der Waals surface area contributed by atoms with Gasteiger partial charge < -0.3 is 15.5 Å². The van der Waals surface area contributed by atoms with Gasteiger partial charge in [-0.25, -0.2) is 4.79 Å². The maximum absolute atomic E-state index is 13.0. The maximum Gasteiger partial charge on any atom is 0.334 e. The van der Waals surface area contributed by atoms with Gasteiger partial charge in [0, 0.05) is 39.4 Å². The molecule has 8 nitrogen and oxygen atoms in total. The number of hydrogen-bond donors (Lipinski definition) is 2. The summed E-state index contributed by atoms with van der Waals surface area (Å²) in [4.78, 5) is 32.7. The second kappa shape index (κ2) is 8.01. The van der Waals surface area contributed by atoms with E-state index < -0.39 is 0 Å². The third-order valence-corrected chi connectivity index (χ3v) is 6.57. The molecule has 4 aromatic rings. The summed E-state index contributed by atoms with van der Waals surface area (Å²) in [6, 6.07) is 13.1. The Kier molecular flexibility index (Phi) is 5.05. The number of para-hydroxylation sites is 2. The van der Waals surface area contributed by atoms with E-state index >= 15 is 0 Å². The number of aryl methyl sites for hydroxylation is 1. The van der Waals surface area contributed by atoms with Gasteiger partial charge in [0.1, 0.15) is 5.00 Å². The first-order valence-electron chi connectivity index (χ1n) is 10.1. The predicted octanol–water partition coefficient (Wildman–Crippen LogP) is 2.45. The number of aromatic nitrogens is 3. The van der Waals surface area contributed by atoms with Gasteiger partial charge in [0.15, 0.2) is 0 Å². The van der Waals surface area contributed by atoms with Crippen LogP contribution in [-0.2, 0) is 7.05 Å². The van der Waals surface area contributed by atoms with Gasteiger partial charge >= 0.3 is 5.69 Å². The van der Waals surface area contributed by atoms with E-state index in [0.717, 1.165) is 42.9 Å². The van der Waals surface area contributed by atoms with Gasteiger partial charge in [0.25, 0.3) is 5.91 Å². The number of hydrogen-bond acceptors (Lipinski definition) is 6. The van der Waals surface area contributed by atoms with E-state index in [0.29, 0.717) is 15.6 Å². The molecule has 2 N–H and O–H groups in total. The molecule has 0 unspecified atom stereocenters. The SMILES string of the molecule is Cn1c(=O)n(-c2ccc(C(=O)Nc3cnccc3N3CCNCC3)s2)c2ccccc21. The fraction of sp³-hybridized carbons (Fsp3) is 0.227. The molecule has 0 bridgehead atoms. The van der Waals surface area contributed by atoms with E-state index in [-0.39, 0.29) is 11.6 Å². The molecule has 0 aliphatic carbocycles. The lowest BCUT2D eigenvalue weighted by Gasteiger charge is -2.30. The van der Waals surface area contributed by atoms with E-state index in [1.54, 1.807) is 34.6 Å². The van der Waals surface area contributed by atoms with E-state index in [1.165, 1.54) is 11.3 Å². The van der Waals surface area contributed by atoms with Gasteiger partial charge in [-0.05, 0) is 30.3 Å². The summed E-state index contributed by atoms with van der Waals surface area (Å²) in [5, 5.41) is 7.04. The molecule has 1 fully saturated rings. The van der Waals surface area contributed by atoms with Crippen molar-refractivity contribution in [3.05, 3.63) is 70.2 Å². The zero-order valence-electron chi connectivity index (χ0n) is 17.0. The molecule has 0 atom stereocenters. The molecule has 1 aliphatic heterocycles. The Morgan fingerprint density at radius 3 is 2.68 bits per heavy atom. The van der Waals surface area contributed by atoms with Crippen molar-refractivity contribution < 1.29 is 4.79 Å². The van der Waals surface area contributed by atoms with Crippen LogP contribution in [0, 0.1) is 0 Å². The number of pyridine rings is 1. The molecule has 0 saturated carbocycles. The van der Waals surface area contributed by atoms with Crippen molar-refractivity contribution in [2.75, 3.05) is 36.4 Å². The van der Waals surface area contributed by atoms with Crippen LogP contribution in [0.15, 0.2) is 59.7 Å². The number of anilines is 2. The number of carbonyl (C=O) groups is 1. The number of nitrogens with one attached hydrogen (secondary N) is 2. The van der Waals surface area contributed by atoms with Crippen LogP contribution in [-0.4, -0.2) is 46.2 Å². The molecule has 1 aromatic carbocycles. The summed E-state index contributed by atoms with van der Waals surface area (Å²) in [6.07, 6.45) is 3.42. The van der Waals surface area contributed by atoms with Crippen molar-refractivity contribution in [3.63, 3.8) is 0 Å². The number of benzene rings is 1. The highest BCUT2D eigenvalue weighted by Crippen LogP contribution is 2.28. The quantitative estimate of drug-likeness (QED) is 0.516. The molecule has 158 valence electrons. The standard InChI is InChI=1S/C22H22N6O2S/c1-26-17-4-2-3-5-18(17)28(22(26)30)20-7-6-19(31-20)21(29)25-15-14-24-9-8-16(15)27-12-10-23-11-13-27/h2-9,14,23H,10-13H2,1H3,(H,25,29). The van der Waals surface area contributed by atoms with Crippen molar-refractivity contribution in [2.45, 2.75) is 0 Å². The van der Waals surface area contributed by atoms with E-state index in [1.807, 2.05) is 36.4 Å². The highest BCUT2D eigenvalue weighted by molar-refractivity contribution is 7.16. The highest BCUT2D eigenvalue weighted by atomic mass is 32.1. The molecule has 5 rings (SSSR count). The smallest absolute Gasteiger partial charge is 0.334 e. The largest absolute Gasteiger partial charge is 0.367 e. The Morgan fingerprint density at radius 1 is 1.10 bits per heavy atom. The minimum atomic E-state index is -0.214. The normalized spacial score (nSPS) is 14.2.